The molecule has 1 aliphatic carbocycles. The number of nitrogens with one attached hydrogen (secondary N) is 1. The van der Waals surface area contributed by atoms with Crippen LogP contribution in [0.2, 0.25) is 0 Å². The summed E-state index contributed by atoms with van der Waals surface area (Å²) < 4.78 is 15.2. The fourth-order valence-corrected chi connectivity index (χ4v) is 5.17. The van der Waals surface area contributed by atoms with Gasteiger partial charge in [0.2, 0.25) is 0 Å². The molecule has 0 unspecified atom stereocenters. The third kappa shape index (κ3) is 5.18. The quantitative estimate of drug-likeness (QED) is 0.476. The van der Waals surface area contributed by atoms with Gasteiger partial charge in [0.05, 0.1) is 25.1 Å². The molecule has 38 heavy (non-hydrogen) atoms. The van der Waals surface area contributed by atoms with E-state index >= 15 is 0 Å². The molecule has 0 saturated heterocycles. The molecule has 5 rings (SSSR count). The van der Waals surface area contributed by atoms with E-state index in [4.69, 9.17) is 20.2 Å². The van der Waals surface area contributed by atoms with Gasteiger partial charge < -0.3 is 20.5 Å². The molecule has 0 spiro atoms. The predicted octanol–water partition coefficient (Wildman–Crippen LogP) is 3.50. The summed E-state index contributed by atoms with van der Waals surface area (Å²) in [6.45, 7) is 7.75. The first-order valence-corrected chi connectivity index (χ1v) is 13.1. The number of urea groups is 1. The monoisotopic (exact) mass is 517 g/mol. The highest BCUT2D eigenvalue weighted by atomic mass is 16.5. The number of hydrogen-bond acceptors (Lipinski definition) is 5. The van der Waals surface area contributed by atoms with E-state index in [0.717, 1.165) is 39.2 Å². The second-order valence-corrected chi connectivity index (χ2v) is 10.3. The van der Waals surface area contributed by atoms with Gasteiger partial charge in [0, 0.05) is 31.3 Å². The van der Waals surface area contributed by atoms with Gasteiger partial charge in [-0.1, -0.05) is 17.7 Å². The van der Waals surface area contributed by atoms with Crippen molar-refractivity contribution < 1.29 is 14.3 Å². The molecule has 3 aromatic rings. The van der Waals surface area contributed by atoms with Crippen LogP contribution >= 0.6 is 0 Å². The highest BCUT2D eigenvalue weighted by Gasteiger charge is 2.25. The zero-order valence-corrected chi connectivity index (χ0v) is 22.5. The maximum atomic E-state index is 13.8. The van der Waals surface area contributed by atoms with Crippen molar-refractivity contribution >= 4 is 11.7 Å². The van der Waals surface area contributed by atoms with Crippen molar-refractivity contribution in [1.82, 2.24) is 14.5 Å². The molecular weight excluding hydrogens is 482 g/mol. The Bertz CT molecular complexity index is 1510. The molecule has 2 heterocycles. The Hall–Kier alpha value is -4.01. The number of nitrogens with zero attached hydrogens (tertiary/aromatic N) is 3. The number of nitrogens with two attached hydrogens (primary N) is 1. The third-order valence-electron chi connectivity index (χ3n) is 7.23. The van der Waals surface area contributed by atoms with Crippen LogP contribution in [0.15, 0.2) is 40.1 Å². The smallest absolute Gasteiger partial charge is 0.330 e. The number of aryl methyl sites for hydroxylation is 4. The first-order chi connectivity index (χ1) is 18.2. The fraction of sp³-hybridized carbons (Fsp3) is 0.414. The molecule has 200 valence electrons. The lowest BCUT2D eigenvalue weighted by atomic mass is 9.97. The normalized spacial score (nSPS) is 14.6. The summed E-state index contributed by atoms with van der Waals surface area (Å²) in [4.78, 5) is 30.1. The number of aromatic nitrogens is 2. The van der Waals surface area contributed by atoms with Crippen LogP contribution < -0.4 is 31.7 Å². The van der Waals surface area contributed by atoms with Crippen LogP contribution in [0.25, 0.3) is 11.3 Å². The fourth-order valence-electron chi connectivity index (χ4n) is 5.17. The Morgan fingerprint density at radius 3 is 2.50 bits per heavy atom. The zero-order valence-electron chi connectivity index (χ0n) is 22.5. The van der Waals surface area contributed by atoms with Crippen molar-refractivity contribution in [2.75, 3.05) is 20.3 Å². The van der Waals surface area contributed by atoms with Gasteiger partial charge in [0.15, 0.2) is 11.5 Å². The number of methoxy groups -OCH3 is 1. The molecule has 9 nitrogen and oxygen atoms in total. The number of ether oxygens (including phenoxy) is 2. The van der Waals surface area contributed by atoms with Crippen molar-refractivity contribution in [2.24, 2.45) is 16.6 Å². The van der Waals surface area contributed by atoms with Gasteiger partial charge in [-0.15, -0.1) is 0 Å². The number of hydrogen-bond donors (Lipinski definition) is 2. The van der Waals surface area contributed by atoms with Crippen molar-refractivity contribution in [1.29, 1.82) is 0 Å². The average molecular weight is 518 g/mol. The molecule has 0 radical (unpaired) electrons. The lowest BCUT2D eigenvalue weighted by Gasteiger charge is -2.25. The first kappa shape index (κ1) is 25.6. The molecular formula is C29H35N5O4. The number of amides is 2. The summed E-state index contributed by atoms with van der Waals surface area (Å²) in [6.07, 6.45) is 3.07. The van der Waals surface area contributed by atoms with Crippen LogP contribution in [0.5, 0.6) is 11.5 Å². The summed E-state index contributed by atoms with van der Waals surface area (Å²) in [5, 5.41) is 2.58. The van der Waals surface area contributed by atoms with E-state index in [1.807, 2.05) is 32.0 Å². The lowest BCUT2D eigenvalue weighted by molar-refractivity contribution is 0.248. The SMILES string of the molecule is COc1cc2c(cc1OCC1CC1)-c1c/c(=N\c3c(C)cc(C)cc3C)n(CCNC(N)=O)c(=O)n1CC2. The van der Waals surface area contributed by atoms with Crippen LogP contribution in [-0.4, -0.2) is 35.4 Å². The van der Waals surface area contributed by atoms with E-state index in [0.29, 0.717) is 42.5 Å². The maximum absolute atomic E-state index is 13.8. The second-order valence-electron chi connectivity index (χ2n) is 10.3. The van der Waals surface area contributed by atoms with E-state index in [2.05, 4.69) is 24.4 Å². The van der Waals surface area contributed by atoms with Gasteiger partial charge in [-0.2, -0.15) is 0 Å². The van der Waals surface area contributed by atoms with Gasteiger partial charge >= 0.3 is 11.7 Å². The summed E-state index contributed by atoms with van der Waals surface area (Å²) >= 11 is 0. The van der Waals surface area contributed by atoms with Crippen LogP contribution in [0.1, 0.15) is 35.1 Å². The highest BCUT2D eigenvalue weighted by Crippen LogP contribution is 2.39. The molecule has 1 fully saturated rings. The predicted molar refractivity (Wildman–Crippen MR) is 146 cm³/mol. The number of carbonyl (C=O) groups is 1. The summed E-state index contributed by atoms with van der Waals surface area (Å²) in [6, 6.07) is 9.51. The molecule has 1 saturated carbocycles. The van der Waals surface area contributed by atoms with Crippen molar-refractivity contribution in [3.05, 3.63) is 68.6 Å². The number of carbonyl (C=O) groups excluding carboxylic acids is 1. The highest BCUT2D eigenvalue weighted by molar-refractivity contribution is 5.71. The molecule has 3 N–H and O–H groups in total. The molecule has 2 amide bonds. The topological polar surface area (TPSA) is 113 Å². The Kier molecular flexibility index (Phi) is 7.01. The number of fused-ring (bicyclic) bond motifs is 3. The van der Waals surface area contributed by atoms with E-state index in [9.17, 15) is 9.59 Å². The van der Waals surface area contributed by atoms with Crippen LogP contribution in [0.4, 0.5) is 10.5 Å². The largest absolute Gasteiger partial charge is 0.493 e. The molecule has 1 aromatic heterocycles. The van der Waals surface area contributed by atoms with Gasteiger partial charge in [-0.05, 0) is 74.8 Å². The van der Waals surface area contributed by atoms with E-state index in [-0.39, 0.29) is 18.8 Å². The van der Waals surface area contributed by atoms with Gasteiger partial charge in [-0.25, -0.2) is 14.6 Å². The van der Waals surface area contributed by atoms with Crippen molar-refractivity contribution in [3.63, 3.8) is 0 Å². The summed E-state index contributed by atoms with van der Waals surface area (Å²) in [7, 11) is 1.65. The summed E-state index contributed by atoms with van der Waals surface area (Å²) in [5.74, 6) is 2.00. The maximum Gasteiger partial charge on any atom is 0.330 e. The van der Waals surface area contributed by atoms with Crippen molar-refractivity contribution in [3.8, 4) is 22.8 Å². The third-order valence-corrected chi connectivity index (χ3v) is 7.23. The van der Waals surface area contributed by atoms with E-state index in [1.165, 1.54) is 12.8 Å². The zero-order chi connectivity index (χ0) is 27.0. The summed E-state index contributed by atoms with van der Waals surface area (Å²) in [5.41, 5.74) is 12.5. The first-order valence-electron chi connectivity index (χ1n) is 13.1. The molecule has 9 heteroatoms. The number of rotatable bonds is 8. The molecule has 0 atom stereocenters. The van der Waals surface area contributed by atoms with E-state index < -0.39 is 6.03 Å². The minimum absolute atomic E-state index is 0.183. The average Bonchev–Trinajstić information content (AvgIpc) is 3.70. The van der Waals surface area contributed by atoms with Gasteiger partial charge in [0.25, 0.3) is 0 Å². The molecule has 1 aliphatic heterocycles. The molecule has 2 aliphatic rings. The molecule has 2 aromatic carbocycles. The lowest BCUT2D eigenvalue weighted by Crippen LogP contribution is -2.44. The Labute approximate surface area is 221 Å². The van der Waals surface area contributed by atoms with Crippen LogP contribution in [-0.2, 0) is 19.5 Å². The van der Waals surface area contributed by atoms with Crippen molar-refractivity contribution in [2.45, 2.75) is 53.1 Å². The van der Waals surface area contributed by atoms with Crippen LogP contribution in [0.3, 0.4) is 0 Å². The standard InChI is InChI=1S/C29H35N5O4/c1-17-11-18(2)27(19(3)12-17)32-26-15-23-22-14-25(38-16-20-5-6-20)24(37-4)13-21(22)7-9-33(23)29(36)34(26)10-8-31-28(30)35/h11-15,20H,5-10,16H2,1-4H3,(H3,30,31,35)/b32-26+. The van der Waals surface area contributed by atoms with Gasteiger partial charge in [0.1, 0.15) is 5.49 Å². The number of primary amides is 1. The minimum atomic E-state index is -0.631. The minimum Gasteiger partial charge on any atom is -0.493 e. The Morgan fingerprint density at radius 2 is 1.84 bits per heavy atom. The Morgan fingerprint density at radius 1 is 1.11 bits per heavy atom. The second kappa shape index (κ2) is 10.4. The molecule has 0 bridgehead atoms. The number of benzene rings is 2. The van der Waals surface area contributed by atoms with Gasteiger partial charge in [-0.3, -0.25) is 9.13 Å². The Balaban J connectivity index is 1.68. The van der Waals surface area contributed by atoms with E-state index in [1.54, 1.807) is 16.2 Å². The van der Waals surface area contributed by atoms with Crippen LogP contribution in [0, 0.1) is 26.7 Å².